The zero-order chi connectivity index (χ0) is 21.3. The first-order valence-corrected chi connectivity index (χ1v) is 10.0. The van der Waals surface area contributed by atoms with Crippen LogP contribution in [0.5, 0.6) is 5.75 Å². The van der Waals surface area contributed by atoms with E-state index in [2.05, 4.69) is 0 Å². The summed E-state index contributed by atoms with van der Waals surface area (Å²) in [4.78, 5) is 25.6. The summed E-state index contributed by atoms with van der Waals surface area (Å²) in [6.45, 7) is 5.51. The topological polar surface area (TPSA) is 68.5 Å². The highest BCUT2D eigenvalue weighted by Gasteiger charge is 2.23. The summed E-state index contributed by atoms with van der Waals surface area (Å²) in [5.41, 5.74) is 2.15. The third kappa shape index (κ3) is 4.26. The average Bonchev–Trinajstić information content (AvgIpc) is 2.93. The van der Waals surface area contributed by atoms with Crippen molar-refractivity contribution in [3.8, 4) is 5.75 Å². The van der Waals surface area contributed by atoms with Crippen molar-refractivity contribution in [2.24, 2.45) is 0 Å². The van der Waals surface area contributed by atoms with E-state index in [-0.39, 0.29) is 29.2 Å². The molecule has 0 spiro atoms. The van der Waals surface area contributed by atoms with Gasteiger partial charge in [0, 0.05) is 21.7 Å². The van der Waals surface area contributed by atoms with Crippen LogP contribution in [0.1, 0.15) is 41.9 Å². The van der Waals surface area contributed by atoms with Gasteiger partial charge in [-0.1, -0.05) is 30.1 Å². The van der Waals surface area contributed by atoms with Gasteiger partial charge < -0.3 is 9.84 Å². The Morgan fingerprint density at radius 1 is 1.17 bits per heavy atom. The van der Waals surface area contributed by atoms with E-state index in [4.69, 9.17) is 27.9 Å². The molecule has 1 aromatic heterocycles. The number of fused-ring (bicyclic) bond motifs is 1. The molecule has 0 saturated heterocycles. The number of benzene rings is 2. The van der Waals surface area contributed by atoms with Gasteiger partial charge in [0.1, 0.15) is 5.75 Å². The van der Waals surface area contributed by atoms with Crippen LogP contribution in [0.15, 0.2) is 36.4 Å². The van der Waals surface area contributed by atoms with E-state index < -0.39 is 5.97 Å². The number of aromatic hydroxyl groups is 1. The molecule has 3 aromatic rings. The third-order valence-electron chi connectivity index (χ3n) is 4.93. The first kappa shape index (κ1) is 21.2. The number of esters is 1. The summed E-state index contributed by atoms with van der Waals surface area (Å²) >= 11 is 12.0. The van der Waals surface area contributed by atoms with Gasteiger partial charge in [0.15, 0.2) is 0 Å². The second-order valence-corrected chi connectivity index (χ2v) is 7.76. The molecule has 0 fully saturated rings. The van der Waals surface area contributed by atoms with E-state index in [1.165, 1.54) is 16.7 Å². The van der Waals surface area contributed by atoms with Crippen molar-refractivity contribution in [3.63, 3.8) is 0 Å². The number of phenolic OH excluding ortho intramolecular Hbond substituents is 1. The molecule has 0 aliphatic carbocycles. The lowest BCUT2D eigenvalue weighted by molar-refractivity contribution is -0.147. The fraction of sp³-hybridized carbons (Fsp3) is 0.273. The highest BCUT2D eigenvalue weighted by Crippen LogP contribution is 2.35. The quantitative estimate of drug-likeness (QED) is 0.536. The smallest absolute Gasteiger partial charge is 0.310 e. The fourth-order valence-electron chi connectivity index (χ4n) is 3.19. The Balaban J connectivity index is 2.13. The zero-order valence-electron chi connectivity index (χ0n) is 16.3. The number of ether oxygens (including phenoxy) is 1. The van der Waals surface area contributed by atoms with Crippen LogP contribution in [0.3, 0.4) is 0 Å². The van der Waals surface area contributed by atoms with Crippen molar-refractivity contribution in [3.05, 3.63) is 63.3 Å². The maximum atomic E-state index is 13.2. The molecule has 5 nitrogen and oxygen atoms in total. The average molecular weight is 434 g/mol. The van der Waals surface area contributed by atoms with E-state index in [0.717, 1.165) is 0 Å². The van der Waals surface area contributed by atoms with Crippen molar-refractivity contribution in [1.29, 1.82) is 0 Å². The number of hydrogen-bond acceptors (Lipinski definition) is 4. The molecule has 0 aliphatic heterocycles. The summed E-state index contributed by atoms with van der Waals surface area (Å²) in [5, 5.41) is 11.3. The Labute approximate surface area is 178 Å². The molecule has 0 amide bonds. The lowest BCUT2D eigenvalue weighted by Gasteiger charge is -2.11. The summed E-state index contributed by atoms with van der Waals surface area (Å²) in [5.74, 6) is -0.797. The van der Waals surface area contributed by atoms with Gasteiger partial charge in [0.25, 0.3) is 5.91 Å². The van der Waals surface area contributed by atoms with Crippen LogP contribution in [-0.2, 0) is 16.0 Å². The maximum Gasteiger partial charge on any atom is 0.310 e. The van der Waals surface area contributed by atoms with E-state index >= 15 is 0 Å². The number of carbonyl (C=O) groups excluding carboxylic acids is 2. The van der Waals surface area contributed by atoms with Crippen molar-refractivity contribution >= 4 is 46.0 Å². The van der Waals surface area contributed by atoms with Gasteiger partial charge in [-0.3, -0.25) is 14.2 Å². The van der Waals surface area contributed by atoms with Crippen LogP contribution < -0.4 is 0 Å². The second-order valence-electron chi connectivity index (χ2n) is 6.92. The van der Waals surface area contributed by atoms with Crippen molar-refractivity contribution in [2.45, 2.75) is 39.7 Å². The van der Waals surface area contributed by atoms with E-state index in [9.17, 15) is 14.7 Å². The summed E-state index contributed by atoms with van der Waals surface area (Å²) in [6, 6.07) is 9.54. The molecular formula is C22H21Cl2NO4. The van der Waals surface area contributed by atoms with E-state index in [0.29, 0.717) is 39.2 Å². The molecule has 2 aromatic carbocycles. The van der Waals surface area contributed by atoms with Crippen LogP contribution in [-0.4, -0.2) is 27.7 Å². The second kappa shape index (κ2) is 8.47. The van der Waals surface area contributed by atoms with Gasteiger partial charge in [0.05, 0.1) is 23.1 Å². The minimum atomic E-state index is -0.394. The van der Waals surface area contributed by atoms with E-state index in [1.807, 2.05) is 13.8 Å². The minimum absolute atomic E-state index is 0.0192. The highest BCUT2D eigenvalue weighted by molar-refractivity contribution is 6.33. The molecule has 29 heavy (non-hydrogen) atoms. The third-order valence-corrected chi connectivity index (χ3v) is 5.48. The predicted molar refractivity (Wildman–Crippen MR) is 114 cm³/mol. The normalized spacial score (nSPS) is 12.2. The van der Waals surface area contributed by atoms with Gasteiger partial charge in [-0.05, 0) is 62.2 Å². The molecule has 3 rings (SSSR count). The molecule has 0 saturated carbocycles. The molecule has 0 aliphatic rings. The first-order chi connectivity index (χ1) is 13.7. The molecule has 7 heteroatoms. The van der Waals surface area contributed by atoms with Gasteiger partial charge in [-0.2, -0.15) is 0 Å². The summed E-state index contributed by atoms with van der Waals surface area (Å²) < 4.78 is 6.89. The predicted octanol–water partition coefficient (Wildman–Crippen LogP) is 5.53. The molecule has 1 N–H and O–H groups in total. The molecule has 152 valence electrons. The Morgan fingerprint density at radius 3 is 2.45 bits per heavy atom. The zero-order valence-corrected chi connectivity index (χ0v) is 17.8. The number of halogens is 2. The number of rotatable bonds is 5. The van der Waals surface area contributed by atoms with Crippen molar-refractivity contribution in [1.82, 2.24) is 4.57 Å². The highest BCUT2D eigenvalue weighted by atomic mass is 35.5. The molecular weight excluding hydrogens is 413 g/mol. The van der Waals surface area contributed by atoms with Gasteiger partial charge in [0.2, 0.25) is 0 Å². The summed E-state index contributed by atoms with van der Waals surface area (Å²) in [6.07, 6.45) is 0.488. The van der Waals surface area contributed by atoms with Gasteiger partial charge >= 0.3 is 5.97 Å². The first-order valence-electron chi connectivity index (χ1n) is 9.25. The molecule has 0 bridgehead atoms. The van der Waals surface area contributed by atoms with Crippen LogP contribution in [0.4, 0.5) is 0 Å². The Morgan fingerprint density at radius 2 is 1.83 bits per heavy atom. The maximum absolute atomic E-state index is 13.2. The fourth-order valence-corrected chi connectivity index (χ4v) is 3.47. The SMILES string of the molecule is CCC(C)OC(=O)Cc1c(C)n(C(=O)c2ccc(Cl)cc2)c2cc(Cl)c(O)cc12. The lowest BCUT2D eigenvalue weighted by atomic mass is 10.1. The minimum Gasteiger partial charge on any atom is -0.506 e. The van der Waals surface area contributed by atoms with Crippen LogP contribution in [0, 0.1) is 6.92 Å². The standard InChI is InChI=1S/C22H21Cl2NO4/c1-4-12(2)29-21(27)10-16-13(3)25(19-11-18(24)20(26)9-17(16)19)22(28)14-5-7-15(23)8-6-14/h5-9,11-12,26H,4,10H2,1-3H3. The van der Waals surface area contributed by atoms with Crippen LogP contribution in [0.2, 0.25) is 10.0 Å². The summed E-state index contributed by atoms with van der Waals surface area (Å²) in [7, 11) is 0. The molecule has 0 radical (unpaired) electrons. The largest absolute Gasteiger partial charge is 0.506 e. The Kier molecular flexibility index (Phi) is 6.20. The van der Waals surface area contributed by atoms with Crippen LogP contribution in [0.25, 0.3) is 10.9 Å². The molecule has 1 atom stereocenters. The monoisotopic (exact) mass is 433 g/mol. The molecule has 1 heterocycles. The van der Waals surface area contributed by atoms with Gasteiger partial charge in [-0.25, -0.2) is 0 Å². The number of hydrogen-bond donors (Lipinski definition) is 1. The Bertz CT molecular complexity index is 1090. The lowest BCUT2D eigenvalue weighted by Crippen LogP contribution is -2.17. The van der Waals surface area contributed by atoms with Crippen molar-refractivity contribution in [2.75, 3.05) is 0 Å². The van der Waals surface area contributed by atoms with Crippen LogP contribution >= 0.6 is 23.2 Å². The van der Waals surface area contributed by atoms with Gasteiger partial charge in [-0.15, -0.1) is 0 Å². The number of phenols is 1. The number of aromatic nitrogens is 1. The number of nitrogens with zero attached hydrogens (tertiary/aromatic N) is 1. The number of carbonyl (C=O) groups is 2. The molecule has 1 unspecified atom stereocenters. The van der Waals surface area contributed by atoms with E-state index in [1.54, 1.807) is 31.2 Å². The van der Waals surface area contributed by atoms with Crippen molar-refractivity contribution < 1.29 is 19.4 Å². The Hall–Kier alpha value is -2.50.